The molecule has 34 heavy (non-hydrogen) atoms. The van der Waals surface area contributed by atoms with Crippen LogP contribution in [0.1, 0.15) is 32.0 Å². The van der Waals surface area contributed by atoms with E-state index >= 15 is 0 Å². The number of hydrogen-bond acceptors (Lipinski definition) is 4. The topological polar surface area (TPSA) is 77.6 Å². The van der Waals surface area contributed by atoms with Gasteiger partial charge in [-0.2, -0.15) is 9.61 Å². The Balaban J connectivity index is 1.40. The summed E-state index contributed by atoms with van der Waals surface area (Å²) in [4.78, 5) is 25.1. The first-order chi connectivity index (χ1) is 16.2. The number of amides is 1. The molecular formula is C27H30N4O3. The summed E-state index contributed by atoms with van der Waals surface area (Å²) in [6, 6.07) is 21.0. The highest BCUT2D eigenvalue weighted by atomic mass is 16.5. The van der Waals surface area contributed by atoms with Crippen molar-refractivity contribution in [2.24, 2.45) is 0 Å². The fraction of sp³-hybridized carbons (Fsp3) is 0.296. The number of fused-ring (bicyclic) bond motifs is 1. The number of hydrogen-bond donors (Lipinski definition) is 1. The molecule has 0 saturated heterocycles. The molecule has 2 aromatic carbocycles. The van der Waals surface area contributed by atoms with Gasteiger partial charge in [0, 0.05) is 23.4 Å². The molecule has 7 nitrogen and oxygen atoms in total. The quantitative estimate of drug-likeness (QED) is 0.425. The lowest BCUT2D eigenvalue weighted by Gasteiger charge is -2.19. The van der Waals surface area contributed by atoms with Crippen LogP contribution >= 0.6 is 0 Å². The van der Waals surface area contributed by atoms with Crippen LogP contribution in [0.3, 0.4) is 0 Å². The van der Waals surface area contributed by atoms with Gasteiger partial charge in [0.1, 0.15) is 24.5 Å². The van der Waals surface area contributed by atoms with Crippen LogP contribution in [0, 0.1) is 6.92 Å². The normalized spacial score (nSPS) is 11.5. The first-order valence-electron chi connectivity index (χ1n) is 11.4. The van der Waals surface area contributed by atoms with E-state index in [0.717, 1.165) is 11.3 Å². The molecule has 0 atom stereocenters. The minimum absolute atomic E-state index is 0.0792. The van der Waals surface area contributed by atoms with E-state index in [9.17, 15) is 9.59 Å². The molecule has 0 radical (unpaired) electrons. The van der Waals surface area contributed by atoms with Gasteiger partial charge in [0.05, 0.1) is 12.2 Å². The summed E-state index contributed by atoms with van der Waals surface area (Å²) in [5, 5.41) is 7.34. The molecule has 4 aromatic rings. The van der Waals surface area contributed by atoms with Gasteiger partial charge < -0.3 is 14.6 Å². The maximum Gasteiger partial charge on any atom is 0.274 e. The van der Waals surface area contributed by atoms with E-state index in [2.05, 4.69) is 43.3 Å². The van der Waals surface area contributed by atoms with Crippen molar-refractivity contribution < 1.29 is 9.53 Å². The van der Waals surface area contributed by atoms with Crippen LogP contribution in [0.25, 0.3) is 16.9 Å². The molecule has 0 aliphatic carbocycles. The van der Waals surface area contributed by atoms with Crippen LogP contribution in [0.15, 0.2) is 71.5 Å². The van der Waals surface area contributed by atoms with Crippen molar-refractivity contribution in [3.63, 3.8) is 0 Å². The number of ether oxygens (including phenoxy) is 1. The van der Waals surface area contributed by atoms with E-state index in [4.69, 9.17) is 4.74 Å². The van der Waals surface area contributed by atoms with E-state index in [0.29, 0.717) is 30.2 Å². The molecule has 0 spiro atoms. The summed E-state index contributed by atoms with van der Waals surface area (Å²) < 4.78 is 8.89. The van der Waals surface area contributed by atoms with Crippen LogP contribution in [-0.4, -0.2) is 33.2 Å². The fourth-order valence-electron chi connectivity index (χ4n) is 3.79. The second kappa shape index (κ2) is 9.55. The summed E-state index contributed by atoms with van der Waals surface area (Å²) in [6.45, 7) is 9.15. The Morgan fingerprint density at radius 2 is 1.74 bits per heavy atom. The van der Waals surface area contributed by atoms with Crippen molar-refractivity contribution in [1.82, 2.24) is 19.5 Å². The van der Waals surface area contributed by atoms with Gasteiger partial charge in [0.15, 0.2) is 0 Å². The maximum absolute atomic E-state index is 12.6. The fourth-order valence-corrected chi connectivity index (χ4v) is 3.79. The van der Waals surface area contributed by atoms with Gasteiger partial charge in [0.2, 0.25) is 5.91 Å². The molecule has 2 heterocycles. The molecule has 0 bridgehead atoms. The minimum Gasteiger partial charge on any atom is -0.492 e. The summed E-state index contributed by atoms with van der Waals surface area (Å²) in [6.07, 6.45) is 0. The number of carbonyl (C=O) groups excluding carboxylic acids is 1. The minimum atomic E-state index is -0.225. The van der Waals surface area contributed by atoms with Crippen LogP contribution < -0.4 is 15.6 Å². The van der Waals surface area contributed by atoms with Crippen LogP contribution in [0.5, 0.6) is 5.75 Å². The lowest BCUT2D eigenvalue weighted by atomic mass is 9.87. The van der Waals surface area contributed by atoms with E-state index < -0.39 is 0 Å². The van der Waals surface area contributed by atoms with Crippen molar-refractivity contribution in [1.29, 1.82) is 0 Å². The van der Waals surface area contributed by atoms with Crippen molar-refractivity contribution in [3.8, 4) is 17.0 Å². The van der Waals surface area contributed by atoms with E-state index in [-0.39, 0.29) is 23.4 Å². The monoisotopic (exact) mass is 458 g/mol. The molecule has 0 aliphatic heterocycles. The summed E-state index contributed by atoms with van der Waals surface area (Å²) >= 11 is 0. The summed E-state index contributed by atoms with van der Waals surface area (Å²) in [5.41, 5.74) is 3.98. The van der Waals surface area contributed by atoms with Crippen LogP contribution in [0.2, 0.25) is 0 Å². The Morgan fingerprint density at radius 1 is 1.03 bits per heavy atom. The zero-order valence-electron chi connectivity index (χ0n) is 20.0. The number of rotatable bonds is 7. The van der Waals surface area contributed by atoms with Gasteiger partial charge in [-0.1, -0.05) is 63.2 Å². The van der Waals surface area contributed by atoms with Gasteiger partial charge in [-0.25, -0.2) is 0 Å². The van der Waals surface area contributed by atoms with Crippen molar-refractivity contribution in [2.45, 2.75) is 39.7 Å². The van der Waals surface area contributed by atoms with Crippen LogP contribution in [0.4, 0.5) is 0 Å². The molecule has 0 saturated carbocycles. The zero-order chi connectivity index (χ0) is 24.3. The molecule has 1 N–H and O–H groups in total. The number of benzene rings is 2. The van der Waals surface area contributed by atoms with E-state index in [1.165, 1.54) is 16.1 Å². The summed E-state index contributed by atoms with van der Waals surface area (Å²) in [5.74, 6) is 0.607. The molecule has 0 aliphatic rings. The molecule has 7 heteroatoms. The largest absolute Gasteiger partial charge is 0.492 e. The zero-order valence-corrected chi connectivity index (χ0v) is 20.0. The highest BCUT2D eigenvalue weighted by Crippen LogP contribution is 2.24. The Bertz CT molecular complexity index is 1350. The standard InChI is InChI=1S/C27H30N4O3/c1-19-16-26(33)31-25(17-23(29-31)20-8-6-5-7-9-20)30(19)18-24(32)28-14-15-34-22-12-10-21(11-13-22)27(2,3)4/h5-13,16-17H,14-15,18H2,1-4H3,(H,28,32). The highest BCUT2D eigenvalue weighted by molar-refractivity contribution is 5.77. The molecule has 4 rings (SSSR count). The first kappa shape index (κ1) is 23.3. The van der Waals surface area contributed by atoms with Crippen molar-refractivity contribution in [2.75, 3.05) is 13.2 Å². The SMILES string of the molecule is Cc1cc(=O)n2nc(-c3ccccc3)cc2n1CC(=O)NCCOc1ccc(C(C)(C)C)cc1. The van der Waals surface area contributed by atoms with Gasteiger partial charge in [-0.3, -0.25) is 9.59 Å². The Morgan fingerprint density at radius 3 is 2.41 bits per heavy atom. The van der Waals surface area contributed by atoms with Crippen molar-refractivity contribution >= 4 is 11.6 Å². The Kier molecular flexibility index (Phi) is 6.54. The van der Waals surface area contributed by atoms with E-state index in [1.54, 1.807) is 4.57 Å². The first-order valence-corrected chi connectivity index (χ1v) is 11.4. The second-order valence-electron chi connectivity index (χ2n) is 9.35. The third kappa shape index (κ3) is 5.20. The predicted molar refractivity (Wildman–Crippen MR) is 133 cm³/mol. The molecule has 0 unspecified atom stereocenters. The smallest absolute Gasteiger partial charge is 0.274 e. The molecule has 176 valence electrons. The molecule has 2 aromatic heterocycles. The van der Waals surface area contributed by atoms with Gasteiger partial charge in [0.25, 0.3) is 5.56 Å². The average molecular weight is 459 g/mol. The maximum atomic E-state index is 12.6. The Labute approximate surface area is 199 Å². The van der Waals surface area contributed by atoms with Crippen LogP contribution in [-0.2, 0) is 16.8 Å². The van der Waals surface area contributed by atoms with Gasteiger partial charge in [-0.05, 0) is 30.0 Å². The number of carbonyl (C=O) groups is 1. The summed E-state index contributed by atoms with van der Waals surface area (Å²) in [7, 11) is 0. The van der Waals surface area contributed by atoms with E-state index in [1.807, 2.05) is 55.5 Å². The number of aryl methyl sites for hydroxylation is 1. The van der Waals surface area contributed by atoms with Crippen molar-refractivity contribution in [3.05, 3.63) is 88.3 Å². The van der Waals surface area contributed by atoms with Gasteiger partial charge >= 0.3 is 0 Å². The van der Waals surface area contributed by atoms with Gasteiger partial charge in [-0.15, -0.1) is 0 Å². The molecule has 0 fully saturated rings. The lowest BCUT2D eigenvalue weighted by Crippen LogP contribution is -2.32. The third-order valence-electron chi connectivity index (χ3n) is 5.72. The number of aromatic nitrogens is 3. The predicted octanol–water partition coefficient (Wildman–Crippen LogP) is 3.96. The highest BCUT2D eigenvalue weighted by Gasteiger charge is 2.15. The number of nitrogens with zero attached hydrogens (tertiary/aromatic N) is 3. The number of nitrogens with one attached hydrogen (secondary N) is 1. The molecule has 1 amide bonds. The third-order valence-corrected chi connectivity index (χ3v) is 5.72. The Hall–Kier alpha value is -3.87. The molecular weight excluding hydrogens is 428 g/mol. The average Bonchev–Trinajstić information content (AvgIpc) is 3.26. The second-order valence-corrected chi connectivity index (χ2v) is 9.35. The lowest BCUT2D eigenvalue weighted by molar-refractivity contribution is -0.121.